The number of hydrogen-bond donors (Lipinski definition) is 1. The van der Waals surface area contributed by atoms with Crippen molar-refractivity contribution in [3.63, 3.8) is 0 Å². The molecule has 8 heteroatoms. The van der Waals surface area contributed by atoms with Crippen LogP contribution in [0.5, 0.6) is 5.75 Å². The molecule has 2 aromatic carbocycles. The average molecular weight is 439 g/mol. The summed E-state index contributed by atoms with van der Waals surface area (Å²) in [5, 5.41) is 8.56. The molecule has 0 aliphatic carbocycles. The van der Waals surface area contributed by atoms with Crippen LogP contribution in [0.2, 0.25) is 0 Å². The van der Waals surface area contributed by atoms with E-state index in [1.54, 1.807) is 30.7 Å². The van der Waals surface area contributed by atoms with E-state index in [0.29, 0.717) is 17.0 Å². The molecule has 0 bridgehead atoms. The van der Waals surface area contributed by atoms with E-state index in [0.717, 1.165) is 17.1 Å². The predicted octanol–water partition coefficient (Wildman–Crippen LogP) is 4.16. The van der Waals surface area contributed by atoms with Crippen molar-refractivity contribution in [2.75, 3.05) is 12.0 Å². The number of benzene rings is 2. The number of carbonyl (C=O) groups excluding carboxylic acids is 2. The smallest absolute Gasteiger partial charge is 0.280 e. The number of aromatic nitrogens is 2. The van der Waals surface area contributed by atoms with Gasteiger partial charge in [0, 0.05) is 16.6 Å². The topological polar surface area (TPSA) is 84.4 Å². The van der Waals surface area contributed by atoms with Crippen LogP contribution < -0.4 is 15.0 Å². The van der Waals surface area contributed by atoms with Crippen LogP contribution in [0.25, 0.3) is 0 Å². The highest BCUT2D eigenvalue weighted by Crippen LogP contribution is 2.33. The number of para-hydroxylation sites is 1. The van der Waals surface area contributed by atoms with Crippen LogP contribution in [-0.4, -0.2) is 34.1 Å². The fraction of sp³-hybridized carbons (Fsp3) is 0.304. The molecule has 0 unspecified atom stereocenters. The van der Waals surface area contributed by atoms with Crippen molar-refractivity contribution in [3.8, 4) is 5.75 Å². The zero-order chi connectivity index (χ0) is 22.6. The lowest BCUT2D eigenvalue weighted by Crippen LogP contribution is -2.49. The average Bonchev–Trinajstić information content (AvgIpc) is 3.26. The van der Waals surface area contributed by atoms with E-state index in [9.17, 15) is 9.59 Å². The predicted molar refractivity (Wildman–Crippen MR) is 122 cm³/mol. The molecule has 0 aliphatic rings. The van der Waals surface area contributed by atoms with E-state index < -0.39 is 17.5 Å². The molecular formula is C23H26N4O3S. The molecule has 1 aromatic heterocycles. The Kier molecular flexibility index (Phi) is 6.70. The van der Waals surface area contributed by atoms with Crippen molar-refractivity contribution in [3.05, 3.63) is 70.7 Å². The summed E-state index contributed by atoms with van der Waals surface area (Å²) in [7, 11) is 1.56. The first-order valence-electron chi connectivity index (χ1n) is 9.83. The fourth-order valence-electron chi connectivity index (χ4n) is 3.25. The van der Waals surface area contributed by atoms with E-state index >= 15 is 0 Å². The maximum atomic E-state index is 13.6. The number of aryl methyl sites for hydroxylation is 1. The van der Waals surface area contributed by atoms with Crippen molar-refractivity contribution in [1.82, 2.24) is 14.9 Å². The summed E-state index contributed by atoms with van der Waals surface area (Å²) in [5.41, 5.74) is 1.80. The minimum atomic E-state index is -0.940. The van der Waals surface area contributed by atoms with Gasteiger partial charge in [0.1, 0.15) is 11.8 Å². The number of ether oxygens (including phenoxy) is 1. The van der Waals surface area contributed by atoms with Gasteiger partial charge in [-0.05, 0) is 68.6 Å². The van der Waals surface area contributed by atoms with E-state index in [1.807, 2.05) is 58.0 Å². The lowest BCUT2D eigenvalue weighted by Gasteiger charge is -2.34. The standard InChI is InChI=1S/C23H26N4O3S/c1-15-9-6-7-12-19(15)27(22(29)18-14-31-26-25-18)20(21(28)24-23(2,3)4)16-10-8-11-17(13-16)30-5/h6-14,20H,1-5H3,(H,24,28)/t20-/m1/s1. The van der Waals surface area contributed by atoms with Gasteiger partial charge in [-0.1, -0.05) is 34.8 Å². The van der Waals surface area contributed by atoms with Gasteiger partial charge in [0.25, 0.3) is 5.91 Å². The number of anilines is 1. The molecule has 2 amide bonds. The fourth-order valence-corrected chi connectivity index (χ4v) is 3.68. The van der Waals surface area contributed by atoms with Crippen LogP contribution in [0.15, 0.2) is 53.9 Å². The number of nitrogens with one attached hydrogen (secondary N) is 1. The van der Waals surface area contributed by atoms with Gasteiger partial charge in [-0.15, -0.1) is 5.10 Å². The molecule has 0 saturated carbocycles. The Bertz CT molecular complexity index is 1060. The molecule has 7 nitrogen and oxygen atoms in total. The molecule has 31 heavy (non-hydrogen) atoms. The third kappa shape index (κ3) is 5.27. The number of nitrogens with zero attached hydrogens (tertiary/aromatic N) is 3. The number of hydrogen-bond acceptors (Lipinski definition) is 6. The molecule has 3 rings (SSSR count). The van der Waals surface area contributed by atoms with Gasteiger partial charge in [0.2, 0.25) is 5.91 Å². The normalized spacial score (nSPS) is 12.2. The minimum absolute atomic E-state index is 0.185. The lowest BCUT2D eigenvalue weighted by molar-refractivity contribution is -0.123. The highest BCUT2D eigenvalue weighted by molar-refractivity contribution is 7.03. The second-order valence-corrected chi connectivity index (χ2v) is 8.78. The second-order valence-electron chi connectivity index (χ2n) is 8.17. The van der Waals surface area contributed by atoms with Crippen LogP contribution >= 0.6 is 11.5 Å². The summed E-state index contributed by atoms with van der Waals surface area (Å²) >= 11 is 1.09. The summed E-state index contributed by atoms with van der Waals surface area (Å²) in [5.74, 6) is -0.112. The zero-order valence-corrected chi connectivity index (χ0v) is 19.1. The maximum Gasteiger partial charge on any atom is 0.280 e. The molecule has 1 N–H and O–H groups in total. The van der Waals surface area contributed by atoms with Gasteiger partial charge in [-0.25, -0.2) is 0 Å². The van der Waals surface area contributed by atoms with Gasteiger partial charge >= 0.3 is 0 Å². The Labute approximate surface area is 186 Å². The van der Waals surface area contributed by atoms with Gasteiger partial charge in [0.15, 0.2) is 5.69 Å². The first-order chi connectivity index (χ1) is 14.7. The molecule has 162 valence electrons. The van der Waals surface area contributed by atoms with Crippen LogP contribution in [0.1, 0.15) is 48.4 Å². The lowest BCUT2D eigenvalue weighted by atomic mass is 9.99. The third-order valence-electron chi connectivity index (χ3n) is 4.59. The van der Waals surface area contributed by atoms with Crippen LogP contribution in [0.4, 0.5) is 5.69 Å². The highest BCUT2D eigenvalue weighted by atomic mass is 32.1. The van der Waals surface area contributed by atoms with Crippen LogP contribution in [-0.2, 0) is 4.79 Å². The first kappa shape index (κ1) is 22.4. The first-order valence-corrected chi connectivity index (χ1v) is 10.7. The van der Waals surface area contributed by atoms with Crippen molar-refractivity contribution in [2.45, 2.75) is 39.3 Å². The van der Waals surface area contributed by atoms with Crippen molar-refractivity contribution < 1.29 is 14.3 Å². The Balaban J connectivity index is 2.22. The summed E-state index contributed by atoms with van der Waals surface area (Å²) in [6.45, 7) is 7.60. The monoisotopic (exact) mass is 438 g/mol. The molecule has 1 atom stereocenters. The van der Waals surface area contributed by atoms with Crippen molar-refractivity contribution >= 4 is 29.0 Å². The third-order valence-corrected chi connectivity index (χ3v) is 5.09. The number of amides is 2. The van der Waals surface area contributed by atoms with Crippen LogP contribution in [0.3, 0.4) is 0 Å². The number of rotatable bonds is 6. The zero-order valence-electron chi connectivity index (χ0n) is 18.2. The molecule has 0 aliphatic heterocycles. The highest BCUT2D eigenvalue weighted by Gasteiger charge is 2.36. The van der Waals surface area contributed by atoms with Crippen LogP contribution in [0, 0.1) is 6.92 Å². The molecule has 0 radical (unpaired) electrons. The van der Waals surface area contributed by atoms with E-state index in [2.05, 4.69) is 14.9 Å². The Morgan fingerprint density at radius 3 is 2.48 bits per heavy atom. The Morgan fingerprint density at radius 2 is 1.87 bits per heavy atom. The number of carbonyl (C=O) groups is 2. The van der Waals surface area contributed by atoms with E-state index in [1.165, 1.54) is 4.90 Å². The summed E-state index contributed by atoms with van der Waals surface area (Å²) in [6, 6.07) is 13.7. The summed E-state index contributed by atoms with van der Waals surface area (Å²) in [4.78, 5) is 28.7. The van der Waals surface area contributed by atoms with E-state index in [4.69, 9.17) is 4.74 Å². The molecule has 0 spiro atoms. The Hall–Kier alpha value is -3.26. The molecular weight excluding hydrogens is 412 g/mol. The van der Waals surface area contributed by atoms with Gasteiger partial charge < -0.3 is 10.1 Å². The van der Waals surface area contributed by atoms with Gasteiger partial charge in [-0.3, -0.25) is 14.5 Å². The molecule has 0 fully saturated rings. The summed E-state index contributed by atoms with van der Waals surface area (Å²) < 4.78 is 9.20. The minimum Gasteiger partial charge on any atom is -0.497 e. The second kappa shape index (κ2) is 9.26. The number of methoxy groups -OCH3 is 1. The molecule has 1 heterocycles. The Morgan fingerprint density at radius 1 is 1.13 bits per heavy atom. The van der Waals surface area contributed by atoms with Crippen molar-refractivity contribution in [2.24, 2.45) is 0 Å². The van der Waals surface area contributed by atoms with E-state index in [-0.39, 0.29) is 11.6 Å². The largest absolute Gasteiger partial charge is 0.497 e. The quantitative estimate of drug-likeness (QED) is 0.625. The maximum absolute atomic E-state index is 13.6. The molecule has 3 aromatic rings. The van der Waals surface area contributed by atoms with Gasteiger partial charge in [-0.2, -0.15) is 0 Å². The molecule has 0 saturated heterocycles. The SMILES string of the molecule is COc1cccc([C@H](C(=O)NC(C)(C)C)N(C(=O)c2csnn2)c2ccccc2C)c1. The van der Waals surface area contributed by atoms with Gasteiger partial charge in [0.05, 0.1) is 7.11 Å². The van der Waals surface area contributed by atoms with Crippen molar-refractivity contribution in [1.29, 1.82) is 0 Å². The summed E-state index contributed by atoms with van der Waals surface area (Å²) in [6.07, 6.45) is 0.